The number of nitrogens with one attached hydrogen (secondary N) is 4. The highest BCUT2D eigenvalue weighted by Crippen LogP contribution is 2.34. The van der Waals surface area contributed by atoms with Crippen LogP contribution >= 0.6 is 0 Å². The van der Waals surface area contributed by atoms with Crippen LogP contribution in [-0.2, 0) is 39.7 Å². The molecule has 1 aliphatic rings. The molecular formula is C32H38F3N5O11. The van der Waals surface area contributed by atoms with Crippen LogP contribution in [0.4, 0.5) is 18.9 Å². The van der Waals surface area contributed by atoms with E-state index in [4.69, 9.17) is 4.42 Å². The largest absolute Gasteiger partial charge is 0.481 e. The summed E-state index contributed by atoms with van der Waals surface area (Å²) in [5.41, 5.74) is -3.29. The molecule has 2 aromatic rings. The van der Waals surface area contributed by atoms with Gasteiger partial charge in [-0.15, -0.1) is 0 Å². The van der Waals surface area contributed by atoms with Gasteiger partial charge in [0.25, 0.3) is 0 Å². The number of carbonyl (C=O) groups is 7. The minimum Gasteiger partial charge on any atom is -0.481 e. The van der Waals surface area contributed by atoms with E-state index >= 15 is 0 Å². The third-order valence-corrected chi connectivity index (χ3v) is 8.28. The van der Waals surface area contributed by atoms with E-state index in [0.29, 0.717) is 6.42 Å². The number of hydrogen-bond donors (Lipinski definition) is 6. The molecule has 1 aliphatic heterocycles. The molecule has 3 rings (SSSR count). The van der Waals surface area contributed by atoms with Crippen LogP contribution < -0.4 is 26.9 Å². The number of nitrogens with zero attached hydrogens (tertiary/aromatic N) is 1. The molecule has 51 heavy (non-hydrogen) atoms. The molecule has 1 saturated heterocycles. The molecule has 1 aromatic heterocycles. The Morgan fingerprint density at radius 2 is 1.67 bits per heavy atom. The van der Waals surface area contributed by atoms with Crippen molar-refractivity contribution in [1.82, 2.24) is 20.9 Å². The summed E-state index contributed by atoms with van der Waals surface area (Å²) >= 11 is 0. The molecule has 0 saturated carbocycles. The Hall–Kier alpha value is -5.49. The molecular weight excluding hydrogens is 687 g/mol. The van der Waals surface area contributed by atoms with Gasteiger partial charge in [0.1, 0.15) is 29.8 Å². The Balaban J connectivity index is 1.82. The first-order chi connectivity index (χ1) is 23.8. The van der Waals surface area contributed by atoms with E-state index in [9.17, 15) is 61.7 Å². The highest BCUT2D eigenvalue weighted by Gasteiger charge is 2.40. The van der Waals surface area contributed by atoms with Crippen molar-refractivity contribution >= 4 is 58.1 Å². The fourth-order valence-corrected chi connectivity index (χ4v) is 5.57. The fourth-order valence-electron chi connectivity index (χ4n) is 5.57. The van der Waals surface area contributed by atoms with Crippen molar-refractivity contribution in [2.75, 3.05) is 11.9 Å². The number of amides is 5. The lowest BCUT2D eigenvalue weighted by Crippen LogP contribution is -2.58. The highest BCUT2D eigenvalue weighted by atomic mass is 19.4. The number of carbonyl (C=O) groups excluding carboxylic acids is 5. The molecule has 6 N–H and O–H groups in total. The van der Waals surface area contributed by atoms with Gasteiger partial charge in [-0.1, -0.05) is 20.3 Å². The molecule has 5 atom stereocenters. The van der Waals surface area contributed by atoms with E-state index in [1.165, 1.54) is 6.92 Å². The van der Waals surface area contributed by atoms with Gasteiger partial charge in [-0.05, 0) is 37.3 Å². The summed E-state index contributed by atoms with van der Waals surface area (Å²) in [4.78, 5) is 101. The first-order valence-corrected chi connectivity index (χ1v) is 15.9. The Labute approximate surface area is 288 Å². The average Bonchev–Trinajstić information content (AvgIpc) is 3.53. The van der Waals surface area contributed by atoms with Gasteiger partial charge in [-0.3, -0.25) is 33.6 Å². The summed E-state index contributed by atoms with van der Waals surface area (Å²) < 4.78 is 45.1. The number of rotatable bonds is 15. The van der Waals surface area contributed by atoms with Crippen LogP contribution in [0.5, 0.6) is 0 Å². The molecule has 16 nitrogen and oxygen atoms in total. The zero-order valence-electron chi connectivity index (χ0n) is 27.8. The maximum absolute atomic E-state index is 13.7. The van der Waals surface area contributed by atoms with E-state index in [1.54, 1.807) is 13.8 Å². The Morgan fingerprint density at radius 3 is 2.25 bits per heavy atom. The number of aliphatic carboxylic acids is 2. The lowest BCUT2D eigenvalue weighted by Gasteiger charge is -2.31. The van der Waals surface area contributed by atoms with Gasteiger partial charge in [0.05, 0.1) is 12.0 Å². The first kappa shape index (κ1) is 39.9. The van der Waals surface area contributed by atoms with Crippen molar-refractivity contribution in [2.45, 2.75) is 89.6 Å². The van der Waals surface area contributed by atoms with E-state index in [2.05, 4.69) is 21.3 Å². The molecule has 278 valence electrons. The van der Waals surface area contributed by atoms with Gasteiger partial charge in [0, 0.05) is 43.1 Å². The molecule has 19 heteroatoms. The Morgan fingerprint density at radius 1 is 0.980 bits per heavy atom. The number of carboxylic acid groups (broad SMARTS) is 2. The minimum atomic E-state index is -4.89. The molecule has 5 amide bonds. The maximum atomic E-state index is 13.7. The summed E-state index contributed by atoms with van der Waals surface area (Å²) in [5, 5.41) is 27.8. The van der Waals surface area contributed by atoms with E-state index in [0.717, 1.165) is 23.1 Å². The van der Waals surface area contributed by atoms with Crippen molar-refractivity contribution in [3.05, 3.63) is 40.2 Å². The second kappa shape index (κ2) is 16.9. The zero-order chi connectivity index (χ0) is 38.2. The van der Waals surface area contributed by atoms with Crippen LogP contribution in [0, 0.1) is 5.92 Å². The molecule has 0 aliphatic carbocycles. The predicted octanol–water partition coefficient (Wildman–Crippen LogP) is 1.60. The van der Waals surface area contributed by atoms with Gasteiger partial charge < -0.3 is 40.8 Å². The summed E-state index contributed by atoms with van der Waals surface area (Å²) in [7, 11) is 0. The van der Waals surface area contributed by atoms with Crippen LogP contribution in [0.25, 0.3) is 11.0 Å². The number of likely N-dealkylation sites (tertiary alicyclic amines) is 1. The van der Waals surface area contributed by atoms with Crippen LogP contribution in [0.1, 0.15) is 64.9 Å². The van der Waals surface area contributed by atoms with Crippen LogP contribution in [-0.4, -0.2) is 87.3 Å². The first-order valence-electron chi connectivity index (χ1n) is 15.9. The van der Waals surface area contributed by atoms with Gasteiger partial charge in [0.2, 0.25) is 29.5 Å². The quantitative estimate of drug-likeness (QED) is 0.144. The Kier molecular flexibility index (Phi) is 13.3. The third-order valence-electron chi connectivity index (χ3n) is 8.28. The van der Waals surface area contributed by atoms with Gasteiger partial charge in [-0.2, -0.15) is 13.2 Å². The normalized spacial score (nSPS) is 16.7. The topological polar surface area (TPSA) is 242 Å². The zero-order valence-corrected chi connectivity index (χ0v) is 27.8. The number of alkyl halides is 3. The number of hydrogen-bond acceptors (Lipinski definition) is 9. The van der Waals surface area contributed by atoms with Gasteiger partial charge in [0.15, 0.2) is 0 Å². The molecule has 0 bridgehead atoms. The lowest BCUT2D eigenvalue weighted by molar-refractivity contribution is -0.144. The van der Waals surface area contributed by atoms with Gasteiger partial charge >= 0.3 is 23.7 Å². The van der Waals surface area contributed by atoms with E-state index in [1.807, 2.05) is 0 Å². The predicted molar refractivity (Wildman–Crippen MR) is 171 cm³/mol. The van der Waals surface area contributed by atoms with Crippen molar-refractivity contribution in [2.24, 2.45) is 5.92 Å². The molecule has 0 radical (unpaired) electrons. The molecule has 1 aromatic carbocycles. The number of halogens is 3. The number of carboxylic acids is 2. The summed E-state index contributed by atoms with van der Waals surface area (Å²) in [6.07, 6.45) is -5.92. The number of anilines is 1. The summed E-state index contributed by atoms with van der Waals surface area (Å²) in [5.74, 6) is -7.26. The van der Waals surface area contributed by atoms with Crippen LogP contribution in [0.2, 0.25) is 0 Å². The molecule has 0 unspecified atom stereocenters. The van der Waals surface area contributed by atoms with E-state index in [-0.39, 0.29) is 43.5 Å². The molecule has 1 fully saturated rings. The monoisotopic (exact) mass is 725 g/mol. The second-order valence-corrected chi connectivity index (χ2v) is 12.1. The van der Waals surface area contributed by atoms with Crippen molar-refractivity contribution in [3.8, 4) is 0 Å². The standard InChI is InChI=1S/C32H38F3N5O11/c1-4-15(2)27(36-16(3)41)30(49)38-20(9-10-24(42)43)31(50)40-11-5-6-22(40)29(48)39-21(14-25(44)45)28(47)37-17-7-8-18-19(32(33,34)35)13-26(46)51-23(18)12-17/h7-8,12-13,15,20-22,27H,4-6,9-11,14H2,1-3H3,(H,36,41)(H,37,47)(H,38,49)(H,39,48)(H,42,43)(H,44,45)/t15-,20+,21+,22-,27+/m1/s1. The van der Waals surface area contributed by atoms with Crippen molar-refractivity contribution in [1.29, 1.82) is 0 Å². The molecule has 0 spiro atoms. The molecule has 2 heterocycles. The maximum Gasteiger partial charge on any atom is 0.417 e. The minimum absolute atomic E-state index is 0.00511. The highest BCUT2D eigenvalue weighted by molar-refractivity contribution is 6.01. The smallest absolute Gasteiger partial charge is 0.417 e. The van der Waals surface area contributed by atoms with Crippen LogP contribution in [0.3, 0.4) is 0 Å². The van der Waals surface area contributed by atoms with Crippen molar-refractivity contribution < 1.29 is 61.4 Å². The van der Waals surface area contributed by atoms with Gasteiger partial charge in [-0.25, -0.2) is 4.79 Å². The van der Waals surface area contributed by atoms with E-state index < -0.39 is 107 Å². The third kappa shape index (κ3) is 10.7. The van der Waals surface area contributed by atoms with Crippen LogP contribution in [0.15, 0.2) is 33.5 Å². The summed E-state index contributed by atoms with van der Waals surface area (Å²) in [6.45, 7) is 4.67. The lowest BCUT2D eigenvalue weighted by atomic mass is 9.97. The SMILES string of the molecule is CC[C@@H](C)[C@H](NC(C)=O)C(=O)N[C@@H](CCC(=O)O)C(=O)N1CCC[C@@H]1C(=O)N[C@@H](CC(=O)O)C(=O)Nc1ccc2c(C(F)(F)F)cc(=O)oc2c1. The second-order valence-electron chi connectivity index (χ2n) is 12.1. The fraction of sp³-hybridized carbons (Fsp3) is 0.500. The summed E-state index contributed by atoms with van der Waals surface area (Å²) in [6, 6.07) is -2.31. The Bertz CT molecular complexity index is 1750. The van der Waals surface area contributed by atoms with Crippen molar-refractivity contribution in [3.63, 3.8) is 0 Å². The average molecular weight is 726 g/mol. The number of fused-ring (bicyclic) bond motifs is 1. The number of benzene rings is 1.